The summed E-state index contributed by atoms with van der Waals surface area (Å²) in [5.41, 5.74) is 6.82. The van der Waals surface area contributed by atoms with E-state index in [1.807, 2.05) is 26.2 Å². The Morgan fingerprint density at radius 3 is 1.04 bits per heavy atom. The summed E-state index contributed by atoms with van der Waals surface area (Å²) < 4.78 is 25.0. The summed E-state index contributed by atoms with van der Waals surface area (Å²) in [6.07, 6.45) is 0. The van der Waals surface area contributed by atoms with Gasteiger partial charge in [0.2, 0.25) is 0 Å². The van der Waals surface area contributed by atoms with E-state index in [9.17, 15) is 0 Å². The fraction of sp³-hybridized carbons (Fsp3) is 0.333. The zero-order valence-corrected chi connectivity index (χ0v) is 21.6. The Morgan fingerprint density at radius 2 is 0.826 bits per heavy atom. The molecule has 1 aliphatic heterocycles. The molecule has 0 aromatic carbocycles. The van der Waals surface area contributed by atoms with Gasteiger partial charge in [-0.3, -0.25) is 0 Å². The van der Waals surface area contributed by atoms with Crippen molar-refractivity contribution in [2.45, 2.75) is 26.2 Å². The number of hydrogen-bond donors (Lipinski definition) is 0. The summed E-state index contributed by atoms with van der Waals surface area (Å²) in [5.74, 6) is 0. The number of hydrogen-bond acceptors (Lipinski definition) is 4. The van der Waals surface area contributed by atoms with Gasteiger partial charge in [-0.1, -0.05) is 0 Å². The molecular formula is C12H24Cl2O4PtSi4. The predicted octanol–water partition coefficient (Wildman–Crippen LogP) is -2.74. The van der Waals surface area contributed by atoms with Gasteiger partial charge >= 0.3 is 55.3 Å². The average molecular weight is 611 g/mol. The minimum absolute atomic E-state index is 0. The maximum absolute atomic E-state index is 6.29. The topological polar surface area (TPSA) is 36.9 Å². The molecule has 0 saturated carbocycles. The Hall–Kier alpha value is 0.936. The van der Waals surface area contributed by atoms with Gasteiger partial charge in [-0.05, 0) is 49.0 Å². The Labute approximate surface area is 171 Å². The summed E-state index contributed by atoms with van der Waals surface area (Å²) in [7, 11) is -10.4. The predicted molar refractivity (Wildman–Crippen MR) is 91.6 cm³/mol. The van der Waals surface area contributed by atoms with E-state index in [-0.39, 0.29) is 45.9 Å². The first kappa shape index (κ1) is 28.7. The molecule has 1 fully saturated rings. The van der Waals surface area contributed by atoms with E-state index in [0.29, 0.717) is 0 Å². The second-order valence-electron chi connectivity index (χ2n) is 5.47. The third kappa shape index (κ3) is 7.37. The van der Waals surface area contributed by atoms with Gasteiger partial charge in [0.05, 0.1) is 0 Å². The van der Waals surface area contributed by atoms with E-state index in [1.165, 1.54) is 0 Å². The molecule has 0 atom stereocenters. The van der Waals surface area contributed by atoms with E-state index >= 15 is 0 Å². The first-order valence-electron chi connectivity index (χ1n) is 6.42. The van der Waals surface area contributed by atoms with Crippen molar-refractivity contribution in [2.75, 3.05) is 0 Å². The summed E-state index contributed by atoms with van der Waals surface area (Å²) >= 11 is 0. The quantitative estimate of drug-likeness (QED) is 0.324. The Kier molecular flexibility index (Phi) is 12.7. The summed E-state index contributed by atoms with van der Waals surface area (Å²) in [5, 5.41) is 0. The van der Waals surface area contributed by atoms with Crippen LogP contribution in [0.15, 0.2) is 49.1 Å². The molecule has 11 heteroatoms. The maximum Gasteiger partial charge on any atom is 2.00 e. The molecule has 0 N–H and O–H groups in total. The second kappa shape index (κ2) is 10.2. The molecule has 1 aliphatic rings. The summed E-state index contributed by atoms with van der Waals surface area (Å²) in [6.45, 7) is 23.4. The van der Waals surface area contributed by atoms with Crippen molar-refractivity contribution in [2.24, 2.45) is 0 Å². The molecule has 23 heavy (non-hydrogen) atoms. The Morgan fingerprint density at radius 1 is 0.565 bits per heavy atom. The Bertz CT molecular complexity index is 395. The second-order valence-corrected chi connectivity index (χ2v) is 18.9. The smallest absolute Gasteiger partial charge is 1.00 e. The monoisotopic (exact) mass is 609 g/mol. The molecule has 136 valence electrons. The van der Waals surface area contributed by atoms with Crippen LogP contribution in [0.5, 0.6) is 0 Å². The van der Waals surface area contributed by atoms with Crippen LogP contribution in [0.1, 0.15) is 0 Å². The molecule has 0 bridgehead atoms. The molecule has 0 unspecified atom stereocenters. The number of halogens is 2. The van der Waals surface area contributed by atoms with Crippen LogP contribution in [0.25, 0.3) is 0 Å². The molecule has 4 nitrogen and oxygen atoms in total. The van der Waals surface area contributed by atoms with Gasteiger partial charge in [-0.15, -0.1) is 26.3 Å². The summed E-state index contributed by atoms with van der Waals surface area (Å²) in [6, 6.07) is 0. The first-order chi connectivity index (χ1) is 9.07. The van der Waals surface area contributed by atoms with Gasteiger partial charge in [0.15, 0.2) is 0 Å². The zero-order valence-electron chi connectivity index (χ0n) is 13.8. The van der Waals surface area contributed by atoms with Gasteiger partial charge in [0.1, 0.15) is 0 Å². The van der Waals surface area contributed by atoms with Crippen LogP contribution in [0, 0.1) is 0 Å². The molecular weight excluding hydrogens is 586 g/mol. The van der Waals surface area contributed by atoms with Crippen molar-refractivity contribution >= 4 is 34.2 Å². The van der Waals surface area contributed by atoms with E-state index in [2.05, 4.69) is 26.3 Å². The van der Waals surface area contributed by atoms with Crippen LogP contribution in [-0.4, -0.2) is 34.2 Å². The largest absolute Gasteiger partial charge is 2.00 e. The van der Waals surface area contributed by atoms with Crippen LogP contribution >= 0.6 is 0 Å². The SMILES string of the molecule is C=C[Si]1(C=C)O[Si](C)(C)O[Si](C)(C)O[Si](C=C)(C=C)O1.[Cl-].[Cl-].[Pt+2]. The third-order valence-electron chi connectivity index (χ3n) is 2.76. The molecule has 0 spiro atoms. The standard InChI is InChI=1S/C12H24O4Si4.2ClH.Pt/c1-9-19(10-2)14-17(5,6)13-18(7,8)15-20(11-3,12-4)16-19;;;/h9-12H,1-4H2,5-8H3;2*1H;/q;;;+2/p-2. The fourth-order valence-corrected chi connectivity index (χ4v) is 20.2. The van der Waals surface area contributed by atoms with Crippen molar-refractivity contribution in [3.63, 3.8) is 0 Å². The molecule has 1 rings (SSSR count). The van der Waals surface area contributed by atoms with E-state index in [4.69, 9.17) is 16.5 Å². The molecule has 1 heterocycles. The molecule has 1 saturated heterocycles. The van der Waals surface area contributed by atoms with Crippen LogP contribution in [-0.2, 0) is 37.5 Å². The van der Waals surface area contributed by atoms with E-state index in [0.717, 1.165) is 0 Å². The van der Waals surface area contributed by atoms with E-state index < -0.39 is 34.2 Å². The normalized spacial score (nSPS) is 23.1. The van der Waals surface area contributed by atoms with Crippen LogP contribution in [0.2, 0.25) is 26.2 Å². The maximum atomic E-state index is 6.29. The Balaban J connectivity index is -0.00000133. The number of rotatable bonds is 4. The van der Waals surface area contributed by atoms with Crippen molar-refractivity contribution in [1.82, 2.24) is 0 Å². The molecule has 0 aromatic rings. The minimum Gasteiger partial charge on any atom is -1.00 e. The van der Waals surface area contributed by atoms with Crippen molar-refractivity contribution in [1.29, 1.82) is 0 Å². The van der Waals surface area contributed by atoms with E-state index in [1.54, 1.807) is 22.8 Å². The van der Waals surface area contributed by atoms with Gasteiger partial charge in [0, 0.05) is 0 Å². The van der Waals surface area contributed by atoms with Crippen LogP contribution < -0.4 is 24.8 Å². The van der Waals surface area contributed by atoms with Crippen molar-refractivity contribution in [3.8, 4) is 0 Å². The molecule has 0 aromatic heterocycles. The minimum atomic E-state index is -2.81. The van der Waals surface area contributed by atoms with Crippen molar-refractivity contribution < 1.29 is 62.3 Å². The van der Waals surface area contributed by atoms with Gasteiger partial charge < -0.3 is 41.3 Å². The molecule has 0 aliphatic carbocycles. The van der Waals surface area contributed by atoms with Crippen LogP contribution in [0.4, 0.5) is 0 Å². The van der Waals surface area contributed by atoms with Crippen LogP contribution in [0.3, 0.4) is 0 Å². The fourth-order valence-electron chi connectivity index (χ4n) is 2.19. The van der Waals surface area contributed by atoms with Gasteiger partial charge in [-0.25, -0.2) is 0 Å². The summed E-state index contributed by atoms with van der Waals surface area (Å²) in [4.78, 5) is 0. The first-order valence-corrected chi connectivity index (χ1v) is 16.0. The van der Waals surface area contributed by atoms with Gasteiger partial charge in [0.25, 0.3) is 0 Å². The zero-order chi connectivity index (χ0) is 15.7. The molecule has 0 radical (unpaired) electrons. The third-order valence-corrected chi connectivity index (χ3v) is 18.0. The van der Waals surface area contributed by atoms with Crippen molar-refractivity contribution in [3.05, 3.63) is 49.1 Å². The average Bonchev–Trinajstić information content (AvgIpc) is 2.33. The van der Waals surface area contributed by atoms with Gasteiger partial charge in [-0.2, -0.15) is 0 Å². The molecule has 0 amide bonds.